The summed E-state index contributed by atoms with van der Waals surface area (Å²) < 4.78 is 10.1. The zero-order chi connectivity index (χ0) is 10.3. The van der Waals surface area contributed by atoms with Crippen LogP contribution in [0.1, 0.15) is 40.0 Å². The van der Waals surface area contributed by atoms with E-state index in [1.807, 2.05) is 13.8 Å². The van der Waals surface area contributed by atoms with Crippen LogP contribution in [0.15, 0.2) is 0 Å². The summed E-state index contributed by atoms with van der Waals surface area (Å²) in [5.74, 6) is -0.180. The fourth-order valence-electron chi connectivity index (χ4n) is 0.801. The molecule has 0 heterocycles. The van der Waals surface area contributed by atoms with Gasteiger partial charge in [0, 0.05) is 7.11 Å². The fraction of sp³-hybridized carbons (Fsp3) is 0.900. The SMILES string of the molecule is CCCCOC(=O)CC(C)(C)OC. The molecule has 0 aromatic rings. The summed E-state index contributed by atoms with van der Waals surface area (Å²) in [6.07, 6.45) is 2.29. The van der Waals surface area contributed by atoms with E-state index in [1.54, 1.807) is 7.11 Å². The van der Waals surface area contributed by atoms with Gasteiger partial charge in [0.1, 0.15) is 0 Å². The van der Waals surface area contributed by atoms with Crippen molar-refractivity contribution < 1.29 is 14.3 Å². The van der Waals surface area contributed by atoms with Gasteiger partial charge in [0.15, 0.2) is 0 Å². The van der Waals surface area contributed by atoms with Crippen molar-refractivity contribution in [1.82, 2.24) is 0 Å². The number of hydrogen-bond acceptors (Lipinski definition) is 3. The van der Waals surface area contributed by atoms with Crippen LogP contribution in [0.4, 0.5) is 0 Å². The number of unbranched alkanes of at least 4 members (excludes halogenated alkanes) is 1. The van der Waals surface area contributed by atoms with Crippen LogP contribution in [0.3, 0.4) is 0 Å². The fourth-order valence-corrected chi connectivity index (χ4v) is 0.801. The van der Waals surface area contributed by atoms with E-state index in [0.29, 0.717) is 13.0 Å². The minimum absolute atomic E-state index is 0.180. The first-order chi connectivity index (χ1) is 6.02. The van der Waals surface area contributed by atoms with Gasteiger partial charge in [-0.05, 0) is 20.3 Å². The van der Waals surface area contributed by atoms with Gasteiger partial charge in [0.2, 0.25) is 0 Å². The van der Waals surface area contributed by atoms with Gasteiger partial charge in [-0.3, -0.25) is 4.79 Å². The maximum Gasteiger partial charge on any atom is 0.308 e. The van der Waals surface area contributed by atoms with E-state index in [1.165, 1.54) is 0 Å². The molecule has 0 aliphatic carbocycles. The first-order valence-electron chi connectivity index (χ1n) is 4.72. The molecule has 0 N–H and O–H groups in total. The van der Waals surface area contributed by atoms with Crippen LogP contribution < -0.4 is 0 Å². The monoisotopic (exact) mass is 188 g/mol. The molecule has 0 fully saturated rings. The number of methoxy groups -OCH3 is 1. The molecule has 0 radical (unpaired) electrons. The topological polar surface area (TPSA) is 35.5 Å². The van der Waals surface area contributed by atoms with Gasteiger partial charge >= 0.3 is 5.97 Å². The lowest BCUT2D eigenvalue weighted by Gasteiger charge is -2.21. The summed E-state index contributed by atoms with van der Waals surface area (Å²) in [6, 6.07) is 0. The van der Waals surface area contributed by atoms with Crippen molar-refractivity contribution in [3.63, 3.8) is 0 Å². The van der Waals surface area contributed by atoms with E-state index >= 15 is 0 Å². The molecule has 0 aromatic heterocycles. The maximum atomic E-state index is 11.2. The predicted molar refractivity (Wildman–Crippen MR) is 51.6 cm³/mol. The molecule has 0 saturated carbocycles. The lowest BCUT2D eigenvalue weighted by molar-refractivity contribution is -0.149. The van der Waals surface area contributed by atoms with Crippen molar-refractivity contribution in [3.05, 3.63) is 0 Å². The molecule has 0 aliphatic heterocycles. The van der Waals surface area contributed by atoms with E-state index in [4.69, 9.17) is 9.47 Å². The first-order valence-corrected chi connectivity index (χ1v) is 4.72. The Morgan fingerprint density at radius 1 is 1.38 bits per heavy atom. The molecular weight excluding hydrogens is 168 g/mol. The number of rotatable bonds is 6. The number of esters is 1. The van der Waals surface area contributed by atoms with Gasteiger partial charge in [-0.25, -0.2) is 0 Å². The molecule has 0 spiro atoms. The van der Waals surface area contributed by atoms with Gasteiger partial charge in [0.25, 0.3) is 0 Å². The highest BCUT2D eigenvalue weighted by atomic mass is 16.5. The predicted octanol–water partition coefficient (Wildman–Crippen LogP) is 2.14. The molecule has 3 nitrogen and oxygen atoms in total. The minimum Gasteiger partial charge on any atom is -0.466 e. The van der Waals surface area contributed by atoms with Crippen LogP contribution in [0.25, 0.3) is 0 Å². The molecule has 0 saturated heterocycles. The number of hydrogen-bond donors (Lipinski definition) is 0. The highest BCUT2D eigenvalue weighted by Crippen LogP contribution is 2.13. The Labute approximate surface area is 80.4 Å². The van der Waals surface area contributed by atoms with Gasteiger partial charge in [-0.2, -0.15) is 0 Å². The Hall–Kier alpha value is -0.570. The standard InChI is InChI=1S/C10H20O3/c1-5-6-7-13-9(11)8-10(2,3)12-4/h5-8H2,1-4H3. The largest absolute Gasteiger partial charge is 0.466 e. The first kappa shape index (κ1) is 12.4. The zero-order valence-electron chi connectivity index (χ0n) is 9.05. The lowest BCUT2D eigenvalue weighted by Crippen LogP contribution is -2.27. The second-order valence-electron chi connectivity index (χ2n) is 3.71. The van der Waals surface area contributed by atoms with Crippen molar-refractivity contribution in [2.45, 2.75) is 45.6 Å². The Kier molecular flexibility index (Phi) is 5.71. The van der Waals surface area contributed by atoms with Gasteiger partial charge in [-0.1, -0.05) is 13.3 Å². The van der Waals surface area contributed by atoms with E-state index < -0.39 is 5.60 Å². The molecule has 0 rings (SSSR count). The summed E-state index contributed by atoms with van der Waals surface area (Å²) in [5.41, 5.74) is -0.413. The number of carbonyl (C=O) groups excluding carboxylic acids is 1. The molecular formula is C10H20O3. The molecule has 13 heavy (non-hydrogen) atoms. The van der Waals surface area contributed by atoms with Crippen molar-refractivity contribution in [1.29, 1.82) is 0 Å². The summed E-state index contributed by atoms with van der Waals surface area (Å²) in [5, 5.41) is 0. The third-order valence-corrected chi connectivity index (χ3v) is 1.88. The van der Waals surface area contributed by atoms with Crippen molar-refractivity contribution in [2.75, 3.05) is 13.7 Å². The van der Waals surface area contributed by atoms with Crippen LogP contribution in [-0.4, -0.2) is 25.3 Å². The van der Waals surface area contributed by atoms with Crippen LogP contribution in [0.5, 0.6) is 0 Å². The molecule has 3 heteroatoms. The Morgan fingerprint density at radius 3 is 2.46 bits per heavy atom. The third-order valence-electron chi connectivity index (χ3n) is 1.88. The van der Waals surface area contributed by atoms with E-state index in [2.05, 4.69) is 6.92 Å². The second-order valence-corrected chi connectivity index (χ2v) is 3.71. The van der Waals surface area contributed by atoms with Crippen LogP contribution in [0, 0.1) is 0 Å². The summed E-state index contributed by atoms with van der Waals surface area (Å²) in [6.45, 7) is 6.32. The molecule has 0 atom stereocenters. The highest BCUT2D eigenvalue weighted by molar-refractivity contribution is 5.70. The number of carbonyl (C=O) groups is 1. The second kappa shape index (κ2) is 5.97. The smallest absolute Gasteiger partial charge is 0.308 e. The normalized spacial score (nSPS) is 11.4. The maximum absolute atomic E-state index is 11.2. The van der Waals surface area contributed by atoms with Crippen molar-refractivity contribution >= 4 is 5.97 Å². The average molecular weight is 188 g/mol. The Balaban J connectivity index is 3.62. The molecule has 0 aromatic carbocycles. The summed E-state index contributed by atoms with van der Waals surface area (Å²) >= 11 is 0. The molecule has 0 unspecified atom stereocenters. The van der Waals surface area contributed by atoms with Crippen LogP contribution in [-0.2, 0) is 14.3 Å². The highest BCUT2D eigenvalue weighted by Gasteiger charge is 2.21. The quantitative estimate of drug-likeness (QED) is 0.473. The summed E-state index contributed by atoms with van der Waals surface area (Å²) in [4.78, 5) is 11.2. The van der Waals surface area contributed by atoms with Crippen LogP contribution in [0.2, 0.25) is 0 Å². The number of ether oxygens (including phenoxy) is 2. The van der Waals surface area contributed by atoms with E-state index in [9.17, 15) is 4.79 Å². The Morgan fingerprint density at radius 2 is 2.00 bits per heavy atom. The minimum atomic E-state index is -0.413. The summed E-state index contributed by atoms with van der Waals surface area (Å²) in [7, 11) is 1.60. The Bertz CT molecular complexity index is 152. The third kappa shape index (κ3) is 6.58. The molecule has 0 bridgehead atoms. The molecule has 78 valence electrons. The molecule has 0 amide bonds. The van der Waals surface area contributed by atoms with Gasteiger partial charge in [-0.15, -0.1) is 0 Å². The van der Waals surface area contributed by atoms with Crippen molar-refractivity contribution in [2.24, 2.45) is 0 Å². The lowest BCUT2D eigenvalue weighted by atomic mass is 10.1. The van der Waals surface area contributed by atoms with E-state index in [-0.39, 0.29) is 5.97 Å². The van der Waals surface area contributed by atoms with Gasteiger partial charge < -0.3 is 9.47 Å². The average Bonchev–Trinajstić information content (AvgIpc) is 2.04. The van der Waals surface area contributed by atoms with Crippen molar-refractivity contribution in [3.8, 4) is 0 Å². The zero-order valence-corrected chi connectivity index (χ0v) is 9.05. The molecule has 0 aliphatic rings. The van der Waals surface area contributed by atoms with Gasteiger partial charge in [0.05, 0.1) is 18.6 Å². The van der Waals surface area contributed by atoms with Crippen LogP contribution >= 0.6 is 0 Å². The van der Waals surface area contributed by atoms with E-state index in [0.717, 1.165) is 12.8 Å².